The van der Waals surface area contributed by atoms with E-state index in [2.05, 4.69) is 15.9 Å². The number of amides is 1. The first kappa shape index (κ1) is 11.3. The Kier molecular flexibility index (Phi) is 2.86. The number of nitrogens with zero attached hydrogens (tertiary/aromatic N) is 1. The van der Waals surface area contributed by atoms with Crippen molar-refractivity contribution in [3.63, 3.8) is 0 Å². The fourth-order valence-electron chi connectivity index (χ4n) is 1.78. The van der Waals surface area contributed by atoms with Crippen LogP contribution in [0.4, 0.5) is 15.8 Å². The van der Waals surface area contributed by atoms with Crippen molar-refractivity contribution >= 4 is 33.2 Å². The Hall–Kier alpha value is -1.14. The molecule has 1 fully saturated rings. The number of hydrogen-bond donors (Lipinski definition) is 2. The summed E-state index contributed by atoms with van der Waals surface area (Å²) < 4.78 is 13.4. The van der Waals surface area contributed by atoms with Gasteiger partial charge in [-0.05, 0) is 28.1 Å². The summed E-state index contributed by atoms with van der Waals surface area (Å²) in [4.78, 5) is 12.9. The number of hydrogen-bond acceptors (Lipinski definition) is 3. The van der Waals surface area contributed by atoms with Crippen molar-refractivity contribution < 1.29 is 14.3 Å². The molecule has 1 unspecified atom stereocenters. The smallest absolute Gasteiger partial charge is 0.229 e. The number of β-amino-alcohol motifs (C(OH)–C–C–N with tert-alkyl or cyclic N) is 1. The molecule has 6 heteroatoms. The van der Waals surface area contributed by atoms with Gasteiger partial charge in [-0.1, -0.05) is 0 Å². The number of anilines is 2. The summed E-state index contributed by atoms with van der Waals surface area (Å²) in [5.74, 6) is -0.688. The molecule has 0 saturated carbocycles. The van der Waals surface area contributed by atoms with Crippen LogP contribution in [0, 0.1) is 5.82 Å². The molecule has 3 N–H and O–H groups in total. The number of nitrogen functional groups attached to an aromatic ring is 1. The second-order valence-electron chi connectivity index (χ2n) is 3.69. The molecule has 1 aliphatic rings. The molecule has 0 aliphatic carbocycles. The zero-order valence-electron chi connectivity index (χ0n) is 8.28. The van der Waals surface area contributed by atoms with Crippen LogP contribution >= 0.6 is 15.9 Å². The van der Waals surface area contributed by atoms with Crippen LogP contribution in [0.3, 0.4) is 0 Å². The van der Waals surface area contributed by atoms with Crippen molar-refractivity contribution in [3.05, 3.63) is 22.4 Å². The van der Waals surface area contributed by atoms with Crippen LogP contribution in [0.25, 0.3) is 0 Å². The van der Waals surface area contributed by atoms with Gasteiger partial charge in [-0.15, -0.1) is 0 Å². The van der Waals surface area contributed by atoms with E-state index in [1.807, 2.05) is 0 Å². The van der Waals surface area contributed by atoms with E-state index in [1.165, 1.54) is 11.0 Å². The molecule has 16 heavy (non-hydrogen) atoms. The SMILES string of the molecule is Nc1cc(F)cc(Br)c1N1CC(O)CC1=O. The first-order valence-electron chi connectivity index (χ1n) is 4.72. The van der Waals surface area contributed by atoms with Gasteiger partial charge in [-0.3, -0.25) is 4.79 Å². The summed E-state index contributed by atoms with van der Waals surface area (Å²) in [6.07, 6.45) is -0.618. The summed E-state index contributed by atoms with van der Waals surface area (Å²) in [6, 6.07) is 2.39. The predicted molar refractivity (Wildman–Crippen MR) is 61.5 cm³/mol. The normalized spacial score (nSPS) is 20.6. The van der Waals surface area contributed by atoms with E-state index >= 15 is 0 Å². The maximum Gasteiger partial charge on any atom is 0.229 e. The third-order valence-electron chi connectivity index (χ3n) is 2.43. The number of carbonyl (C=O) groups is 1. The molecule has 1 aromatic carbocycles. The zero-order valence-corrected chi connectivity index (χ0v) is 9.87. The third kappa shape index (κ3) is 1.90. The predicted octanol–water partition coefficient (Wildman–Crippen LogP) is 1.27. The van der Waals surface area contributed by atoms with Crippen LogP contribution in [0.5, 0.6) is 0 Å². The van der Waals surface area contributed by atoms with Gasteiger partial charge >= 0.3 is 0 Å². The Morgan fingerprint density at radius 2 is 2.25 bits per heavy atom. The molecular formula is C10H10BrFN2O2. The zero-order chi connectivity index (χ0) is 11.9. The standard InChI is InChI=1S/C10H10BrFN2O2/c11-7-1-5(12)2-8(13)10(7)14-4-6(15)3-9(14)16/h1-2,6,15H,3-4,13H2. The average molecular weight is 289 g/mol. The monoisotopic (exact) mass is 288 g/mol. The van der Waals surface area contributed by atoms with Crippen molar-refractivity contribution in [1.82, 2.24) is 0 Å². The Morgan fingerprint density at radius 1 is 1.56 bits per heavy atom. The average Bonchev–Trinajstić information content (AvgIpc) is 2.43. The van der Waals surface area contributed by atoms with Crippen molar-refractivity contribution in [3.8, 4) is 0 Å². The summed E-state index contributed by atoms with van der Waals surface area (Å²) in [7, 11) is 0. The topological polar surface area (TPSA) is 66.6 Å². The lowest BCUT2D eigenvalue weighted by molar-refractivity contribution is -0.117. The van der Waals surface area contributed by atoms with E-state index in [9.17, 15) is 14.3 Å². The molecule has 0 bridgehead atoms. The van der Waals surface area contributed by atoms with Gasteiger partial charge in [0.2, 0.25) is 5.91 Å². The summed E-state index contributed by atoms with van der Waals surface area (Å²) in [6.45, 7) is 0.188. The van der Waals surface area contributed by atoms with Gasteiger partial charge in [-0.2, -0.15) is 0 Å². The molecule has 2 rings (SSSR count). The molecule has 0 radical (unpaired) electrons. The Bertz CT molecular complexity index is 429. The van der Waals surface area contributed by atoms with Crippen LogP contribution in [0.2, 0.25) is 0 Å². The van der Waals surface area contributed by atoms with Crippen molar-refractivity contribution in [2.75, 3.05) is 17.2 Å². The quantitative estimate of drug-likeness (QED) is 0.765. The van der Waals surface area contributed by atoms with Crippen LogP contribution in [-0.2, 0) is 4.79 Å². The molecule has 86 valence electrons. The molecule has 4 nitrogen and oxygen atoms in total. The number of benzene rings is 1. The van der Waals surface area contributed by atoms with Gasteiger partial charge in [0.15, 0.2) is 0 Å². The fourth-order valence-corrected chi connectivity index (χ4v) is 2.44. The first-order valence-corrected chi connectivity index (χ1v) is 5.51. The largest absolute Gasteiger partial charge is 0.397 e. The second kappa shape index (κ2) is 4.03. The van der Waals surface area contributed by atoms with E-state index in [0.717, 1.165) is 6.07 Å². The number of nitrogens with two attached hydrogens (primary N) is 1. The lowest BCUT2D eigenvalue weighted by Crippen LogP contribution is -2.26. The van der Waals surface area contributed by atoms with E-state index < -0.39 is 11.9 Å². The second-order valence-corrected chi connectivity index (χ2v) is 4.54. The minimum atomic E-state index is -0.691. The third-order valence-corrected chi connectivity index (χ3v) is 3.04. The van der Waals surface area contributed by atoms with Crippen molar-refractivity contribution in [2.45, 2.75) is 12.5 Å². The highest BCUT2D eigenvalue weighted by molar-refractivity contribution is 9.10. The van der Waals surface area contributed by atoms with Gasteiger partial charge < -0.3 is 15.7 Å². The molecule has 1 aromatic rings. The fraction of sp³-hybridized carbons (Fsp3) is 0.300. The lowest BCUT2D eigenvalue weighted by atomic mass is 10.2. The Balaban J connectivity index is 2.44. The number of carbonyl (C=O) groups excluding carboxylic acids is 1. The van der Waals surface area contributed by atoms with Crippen LogP contribution in [0.15, 0.2) is 16.6 Å². The highest BCUT2D eigenvalue weighted by atomic mass is 79.9. The van der Waals surface area contributed by atoms with E-state index in [4.69, 9.17) is 5.73 Å². The van der Waals surface area contributed by atoms with Crippen LogP contribution in [-0.4, -0.2) is 23.7 Å². The Morgan fingerprint density at radius 3 is 2.75 bits per heavy atom. The molecule has 1 atom stereocenters. The number of rotatable bonds is 1. The lowest BCUT2D eigenvalue weighted by Gasteiger charge is -2.19. The maximum absolute atomic E-state index is 13.0. The Labute approximate surface area is 100.0 Å². The summed E-state index contributed by atoms with van der Waals surface area (Å²) in [5.41, 5.74) is 6.26. The molecule has 0 spiro atoms. The number of aliphatic hydroxyl groups is 1. The molecule has 0 aromatic heterocycles. The number of halogens is 2. The van der Waals surface area contributed by atoms with Gasteiger partial charge in [0.1, 0.15) is 5.82 Å². The number of aliphatic hydroxyl groups excluding tert-OH is 1. The molecule has 1 heterocycles. The molecule has 1 aliphatic heterocycles. The van der Waals surface area contributed by atoms with Crippen LogP contribution in [0.1, 0.15) is 6.42 Å². The van der Waals surface area contributed by atoms with E-state index in [0.29, 0.717) is 10.2 Å². The molecular weight excluding hydrogens is 279 g/mol. The van der Waals surface area contributed by atoms with Crippen molar-refractivity contribution in [2.24, 2.45) is 0 Å². The minimum Gasteiger partial charge on any atom is -0.397 e. The molecule has 1 saturated heterocycles. The van der Waals surface area contributed by atoms with E-state index in [-0.39, 0.29) is 24.6 Å². The highest BCUT2D eigenvalue weighted by Gasteiger charge is 2.31. The molecule has 1 amide bonds. The highest BCUT2D eigenvalue weighted by Crippen LogP contribution is 2.35. The first-order chi connectivity index (χ1) is 7.49. The summed E-state index contributed by atoms with van der Waals surface area (Å²) >= 11 is 3.16. The van der Waals surface area contributed by atoms with Crippen LogP contribution < -0.4 is 10.6 Å². The minimum absolute atomic E-state index is 0.0727. The van der Waals surface area contributed by atoms with Gasteiger partial charge in [-0.25, -0.2) is 4.39 Å². The van der Waals surface area contributed by atoms with Crippen molar-refractivity contribution in [1.29, 1.82) is 0 Å². The van der Waals surface area contributed by atoms with E-state index in [1.54, 1.807) is 0 Å². The van der Waals surface area contributed by atoms with Gasteiger partial charge in [0.25, 0.3) is 0 Å². The van der Waals surface area contributed by atoms with Gasteiger partial charge in [0, 0.05) is 4.47 Å². The maximum atomic E-state index is 13.0. The van der Waals surface area contributed by atoms with Gasteiger partial charge in [0.05, 0.1) is 30.4 Å². The summed E-state index contributed by atoms with van der Waals surface area (Å²) in [5, 5.41) is 9.37.